The zero-order valence-corrected chi connectivity index (χ0v) is 13.7. The van der Waals surface area contributed by atoms with E-state index in [1.165, 1.54) is 35.1 Å². The molecule has 1 aromatic rings. The Kier molecular flexibility index (Phi) is 4.87. The van der Waals surface area contributed by atoms with E-state index in [1.54, 1.807) is 0 Å². The molecular weight excluding hydrogens is 246 g/mol. The molecule has 0 amide bonds. The van der Waals surface area contributed by atoms with Gasteiger partial charge in [-0.1, -0.05) is 24.6 Å². The van der Waals surface area contributed by atoms with E-state index in [1.807, 2.05) is 0 Å². The van der Waals surface area contributed by atoms with Gasteiger partial charge in [-0.25, -0.2) is 0 Å². The second kappa shape index (κ2) is 6.28. The average Bonchev–Trinajstić information content (AvgIpc) is 2.36. The minimum atomic E-state index is 0.388. The first kappa shape index (κ1) is 15.5. The molecule has 1 saturated heterocycles. The fourth-order valence-electron chi connectivity index (χ4n) is 3.42. The van der Waals surface area contributed by atoms with Gasteiger partial charge in [0.25, 0.3) is 0 Å². The van der Waals surface area contributed by atoms with E-state index >= 15 is 0 Å². The quantitative estimate of drug-likeness (QED) is 0.894. The van der Waals surface area contributed by atoms with Gasteiger partial charge in [0.2, 0.25) is 0 Å². The van der Waals surface area contributed by atoms with Crippen LogP contribution in [0.2, 0.25) is 0 Å². The lowest BCUT2D eigenvalue weighted by Crippen LogP contribution is -2.38. The van der Waals surface area contributed by atoms with Crippen molar-refractivity contribution in [2.24, 2.45) is 5.41 Å². The molecule has 20 heavy (non-hydrogen) atoms. The molecule has 1 aliphatic heterocycles. The third kappa shape index (κ3) is 3.62. The van der Waals surface area contributed by atoms with Crippen molar-refractivity contribution in [1.82, 2.24) is 5.32 Å². The van der Waals surface area contributed by atoms with Crippen LogP contribution in [0.1, 0.15) is 55.0 Å². The van der Waals surface area contributed by atoms with Crippen LogP contribution in [0, 0.1) is 26.2 Å². The second-order valence-corrected chi connectivity index (χ2v) is 6.84. The molecule has 112 valence electrons. The minimum Gasteiger partial charge on any atom is -0.381 e. The molecule has 1 atom stereocenters. The van der Waals surface area contributed by atoms with Crippen molar-refractivity contribution in [3.63, 3.8) is 0 Å². The summed E-state index contributed by atoms with van der Waals surface area (Å²) in [6.07, 6.45) is 2.33. The predicted octanol–water partition coefficient (Wildman–Crippen LogP) is 4.08. The highest BCUT2D eigenvalue weighted by Gasteiger charge is 2.27. The Morgan fingerprint density at radius 1 is 1.15 bits per heavy atom. The van der Waals surface area contributed by atoms with Crippen LogP contribution >= 0.6 is 0 Å². The molecule has 1 heterocycles. The molecule has 0 saturated carbocycles. The summed E-state index contributed by atoms with van der Waals surface area (Å²) in [6, 6.07) is 4.99. The fraction of sp³-hybridized carbons (Fsp3) is 0.667. The predicted molar refractivity (Wildman–Crippen MR) is 85.2 cm³/mol. The normalized spacial score (nSPS) is 19.9. The summed E-state index contributed by atoms with van der Waals surface area (Å²) < 4.78 is 5.48. The van der Waals surface area contributed by atoms with Crippen molar-refractivity contribution < 1.29 is 4.74 Å². The smallest absolute Gasteiger partial charge is 0.0471 e. The third-order valence-corrected chi connectivity index (χ3v) is 4.71. The largest absolute Gasteiger partial charge is 0.381 e. The van der Waals surface area contributed by atoms with Crippen LogP contribution in [0.5, 0.6) is 0 Å². The molecule has 1 aliphatic rings. The van der Waals surface area contributed by atoms with E-state index < -0.39 is 0 Å². The highest BCUT2D eigenvalue weighted by molar-refractivity contribution is 5.39. The average molecular weight is 275 g/mol. The van der Waals surface area contributed by atoms with E-state index in [2.05, 4.69) is 52.1 Å². The van der Waals surface area contributed by atoms with Crippen molar-refractivity contribution in [3.05, 3.63) is 34.4 Å². The second-order valence-electron chi connectivity index (χ2n) is 6.84. The first-order chi connectivity index (χ1) is 9.41. The van der Waals surface area contributed by atoms with E-state index in [0.717, 1.165) is 19.8 Å². The lowest BCUT2D eigenvalue weighted by Gasteiger charge is -2.35. The molecule has 1 aromatic carbocycles. The highest BCUT2D eigenvalue weighted by atomic mass is 16.5. The molecule has 0 aliphatic carbocycles. The first-order valence-electron chi connectivity index (χ1n) is 7.80. The van der Waals surface area contributed by atoms with Crippen LogP contribution in [0.3, 0.4) is 0 Å². The number of benzene rings is 1. The van der Waals surface area contributed by atoms with Gasteiger partial charge in [-0.3, -0.25) is 0 Å². The van der Waals surface area contributed by atoms with Crippen molar-refractivity contribution in [1.29, 1.82) is 0 Å². The number of rotatable bonds is 4. The van der Waals surface area contributed by atoms with Crippen molar-refractivity contribution in [2.45, 2.75) is 53.5 Å². The van der Waals surface area contributed by atoms with Gasteiger partial charge in [0.05, 0.1) is 0 Å². The monoisotopic (exact) mass is 275 g/mol. The number of ether oxygens (including phenoxy) is 1. The Balaban J connectivity index is 2.03. The van der Waals surface area contributed by atoms with Gasteiger partial charge in [0, 0.05) is 25.8 Å². The van der Waals surface area contributed by atoms with E-state index in [9.17, 15) is 0 Å². The minimum absolute atomic E-state index is 0.388. The van der Waals surface area contributed by atoms with Crippen LogP contribution in [-0.2, 0) is 4.74 Å². The van der Waals surface area contributed by atoms with Gasteiger partial charge in [-0.05, 0) is 62.6 Å². The summed E-state index contributed by atoms with van der Waals surface area (Å²) in [5.74, 6) is 0. The molecule has 1 fully saturated rings. The van der Waals surface area contributed by atoms with E-state index in [4.69, 9.17) is 4.74 Å². The van der Waals surface area contributed by atoms with Gasteiger partial charge < -0.3 is 10.1 Å². The van der Waals surface area contributed by atoms with Crippen LogP contribution in [0.15, 0.2) is 12.1 Å². The Bertz CT molecular complexity index is 437. The van der Waals surface area contributed by atoms with Crippen LogP contribution in [-0.4, -0.2) is 19.8 Å². The molecule has 0 bridgehead atoms. The molecule has 0 radical (unpaired) electrons. The van der Waals surface area contributed by atoms with E-state index in [0.29, 0.717) is 11.5 Å². The lowest BCUT2D eigenvalue weighted by atomic mass is 9.82. The Morgan fingerprint density at radius 3 is 2.25 bits per heavy atom. The molecule has 0 spiro atoms. The van der Waals surface area contributed by atoms with Gasteiger partial charge in [0.15, 0.2) is 0 Å². The van der Waals surface area contributed by atoms with Gasteiger partial charge in [-0.2, -0.15) is 0 Å². The lowest BCUT2D eigenvalue weighted by molar-refractivity contribution is 0.0231. The maximum Gasteiger partial charge on any atom is 0.0471 e. The molecule has 0 aromatic heterocycles. The van der Waals surface area contributed by atoms with Crippen LogP contribution in [0.4, 0.5) is 0 Å². The SMILES string of the molecule is Cc1cc(C)c(C(C)NCC2(C)CCOCC2)c(C)c1. The molecular formula is C18H29NO. The summed E-state index contributed by atoms with van der Waals surface area (Å²) in [7, 11) is 0. The number of aryl methyl sites for hydroxylation is 3. The summed E-state index contributed by atoms with van der Waals surface area (Å²) >= 11 is 0. The maximum absolute atomic E-state index is 5.48. The van der Waals surface area contributed by atoms with Gasteiger partial charge in [0.1, 0.15) is 0 Å². The summed E-state index contributed by atoms with van der Waals surface area (Å²) in [6.45, 7) is 14.2. The summed E-state index contributed by atoms with van der Waals surface area (Å²) in [4.78, 5) is 0. The molecule has 2 heteroatoms. The highest BCUT2D eigenvalue weighted by Crippen LogP contribution is 2.30. The number of hydrogen-bond donors (Lipinski definition) is 1. The topological polar surface area (TPSA) is 21.3 Å². The van der Waals surface area contributed by atoms with Gasteiger partial charge in [-0.15, -0.1) is 0 Å². The third-order valence-electron chi connectivity index (χ3n) is 4.71. The standard InChI is InChI=1S/C18H29NO/c1-13-10-14(2)17(15(3)11-13)16(4)19-12-18(5)6-8-20-9-7-18/h10-11,16,19H,6-9,12H2,1-5H3. The summed E-state index contributed by atoms with van der Waals surface area (Å²) in [5, 5.41) is 3.75. The summed E-state index contributed by atoms with van der Waals surface area (Å²) in [5.41, 5.74) is 6.01. The first-order valence-corrected chi connectivity index (χ1v) is 7.80. The maximum atomic E-state index is 5.48. The molecule has 2 rings (SSSR count). The van der Waals surface area contributed by atoms with Gasteiger partial charge >= 0.3 is 0 Å². The Morgan fingerprint density at radius 2 is 1.70 bits per heavy atom. The van der Waals surface area contributed by atoms with Crippen molar-refractivity contribution >= 4 is 0 Å². The van der Waals surface area contributed by atoms with Crippen LogP contribution < -0.4 is 5.32 Å². The van der Waals surface area contributed by atoms with Crippen molar-refractivity contribution in [2.75, 3.05) is 19.8 Å². The zero-order valence-electron chi connectivity index (χ0n) is 13.7. The molecule has 1 unspecified atom stereocenters. The van der Waals surface area contributed by atoms with Crippen molar-refractivity contribution in [3.8, 4) is 0 Å². The fourth-order valence-corrected chi connectivity index (χ4v) is 3.42. The Hall–Kier alpha value is -0.860. The van der Waals surface area contributed by atoms with E-state index in [-0.39, 0.29) is 0 Å². The zero-order chi connectivity index (χ0) is 14.8. The number of hydrogen-bond acceptors (Lipinski definition) is 2. The molecule has 1 N–H and O–H groups in total. The number of nitrogens with one attached hydrogen (secondary N) is 1. The van der Waals surface area contributed by atoms with Crippen LogP contribution in [0.25, 0.3) is 0 Å². The Labute approximate surface area is 123 Å². The molecule has 2 nitrogen and oxygen atoms in total.